The summed E-state index contributed by atoms with van der Waals surface area (Å²) in [6, 6.07) is 71.0. The molecule has 0 radical (unpaired) electrons. The quantitative estimate of drug-likeness (QED) is 0.179. The van der Waals surface area contributed by atoms with Crippen molar-refractivity contribution in [2.24, 2.45) is 0 Å². The number of allylic oxidation sites excluding steroid dienone is 1. The van der Waals surface area contributed by atoms with E-state index in [9.17, 15) is 0 Å². The lowest BCUT2D eigenvalue weighted by molar-refractivity contribution is 0.795. The van der Waals surface area contributed by atoms with Gasteiger partial charge in [-0.15, -0.1) is 0 Å². The van der Waals surface area contributed by atoms with Crippen LogP contribution in [0.2, 0.25) is 0 Å². The van der Waals surface area contributed by atoms with Crippen LogP contribution in [-0.2, 0) is 11.8 Å². The maximum absolute atomic E-state index is 5.39. The number of rotatable bonds is 4. The zero-order valence-electron chi connectivity index (χ0n) is 33.3. The molecule has 0 unspecified atom stereocenters. The molecule has 13 rings (SSSR count). The number of hydrogen-bond donors (Lipinski definition) is 0. The molecule has 0 saturated heterocycles. The summed E-state index contributed by atoms with van der Waals surface area (Å²) in [5.41, 5.74) is 17.9. The Kier molecular flexibility index (Phi) is 7.35. The molecule has 10 aromatic rings. The SMILES string of the molecule is C1=C(c2nc(-c3ccc4c(c3)C3(c5ccccc5-c5ccccc53)c3cc5ccccc5c(-c5ccccc5)c3-4)nc(-c3ccc4ccccc4c3)n2)CCc2ccccc21. The van der Waals surface area contributed by atoms with Gasteiger partial charge in [-0.25, -0.2) is 15.0 Å². The monoisotopic (exact) mass is 775 g/mol. The third-order valence-corrected chi connectivity index (χ3v) is 13.4. The van der Waals surface area contributed by atoms with Crippen molar-refractivity contribution in [3.63, 3.8) is 0 Å². The Bertz CT molecular complexity index is 3440. The molecule has 1 spiro atoms. The first-order valence-corrected chi connectivity index (χ1v) is 21.2. The lowest BCUT2D eigenvalue weighted by Crippen LogP contribution is -2.26. The van der Waals surface area contributed by atoms with Crippen molar-refractivity contribution in [1.29, 1.82) is 0 Å². The van der Waals surface area contributed by atoms with Crippen LogP contribution in [0.3, 0.4) is 0 Å². The summed E-state index contributed by atoms with van der Waals surface area (Å²) in [4.78, 5) is 16.0. The van der Waals surface area contributed by atoms with E-state index in [2.05, 4.69) is 200 Å². The van der Waals surface area contributed by atoms with Crippen molar-refractivity contribution in [2.75, 3.05) is 0 Å². The highest BCUT2D eigenvalue weighted by atomic mass is 15.0. The highest BCUT2D eigenvalue weighted by molar-refractivity contribution is 6.10. The number of hydrogen-bond acceptors (Lipinski definition) is 3. The number of fused-ring (bicyclic) bond motifs is 13. The lowest BCUT2D eigenvalue weighted by atomic mass is 9.70. The van der Waals surface area contributed by atoms with Crippen LogP contribution in [-0.4, -0.2) is 15.0 Å². The second kappa shape index (κ2) is 13.1. The van der Waals surface area contributed by atoms with Crippen molar-refractivity contribution < 1.29 is 0 Å². The molecule has 0 aliphatic heterocycles. The molecule has 1 aromatic heterocycles. The van der Waals surface area contributed by atoms with E-state index in [-0.39, 0.29) is 0 Å². The van der Waals surface area contributed by atoms with Crippen LogP contribution in [0.5, 0.6) is 0 Å². The van der Waals surface area contributed by atoms with Gasteiger partial charge < -0.3 is 0 Å². The Balaban J connectivity index is 1.10. The summed E-state index contributed by atoms with van der Waals surface area (Å²) >= 11 is 0. The van der Waals surface area contributed by atoms with E-state index < -0.39 is 5.41 Å². The normalized spacial score (nSPS) is 14.0. The molecule has 0 bridgehead atoms. The predicted octanol–water partition coefficient (Wildman–Crippen LogP) is 14.0. The van der Waals surface area contributed by atoms with Crippen molar-refractivity contribution in [1.82, 2.24) is 15.0 Å². The molecule has 284 valence electrons. The highest BCUT2D eigenvalue weighted by Crippen LogP contribution is 2.65. The van der Waals surface area contributed by atoms with Crippen LogP contribution >= 0.6 is 0 Å². The van der Waals surface area contributed by atoms with E-state index in [1.54, 1.807) is 0 Å². The maximum atomic E-state index is 5.39. The summed E-state index contributed by atoms with van der Waals surface area (Å²) in [6.45, 7) is 0. The fourth-order valence-electron chi connectivity index (χ4n) is 10.7. The number of nitrogens with zero attached hydrogens (tertiary/aromatic N) is 3. The summed E-state index contributed by atoms with van der Waals surface area (Å²) in [5, 5.41) is 4.84. The molecule has 0 saturated carbocycles. The van der Waals surface area contributed by atoms with Gasteiger partial charge in [0.1, 0.15) is 0 Å². The van der Waals surface area contributed by atoms with Crippen LogP contribution in [0.4, 0.5) is 0 Å². The molecule has 61 heavy (non-hydrogen) atoms. The Morgan fingerprint density at radius 2 is 0.984 bits per heavy atom. The Morgan fingerprint density at radius 3 is 1.79 bits per heavy atom. The van der Waals surface area contributed by atoms with Crippen molar-refractivity contribution >= 4 is 33.2 Å². The topological polar surface area (TPSA) is 38.7 Å². The maximum Gasteiger partial charge on any atom is 0.164 e. The van der Waals surface area contributed by atoms with Crippen LogP contribution in [0.15, 0.2) is 194 Å². The van der Waals surface area contributed by atoms with Gasteiger partial charge in [-0.05, 0) is 131 Å². The predicted molar refractivity (Wildman–Crippen MR) is 250 cm³/mol. The zero-order chi connectivity index (χ0) is 40.1. The van der Waals surface area contributed by atoms with E-state index >= 15 is 0 Å². The summed E-state index contributed by atoms with van der Waals surface area (Å²) < 4.78 is 0. The third-order valence-electron chi connectivity index (χ3n) is 13.4. The summed E-state index contributed by atoms with van der Waals surface area (Å²) in [6.07, 6.45) is 4.09. The minimum atomic E-state index is -0.561. The van der Waals surface area contributed by atoms with Gasteiger partial charge >= 0.3 is 0 Å². The van der Waals surface area contributed by atoms with E-state index in [1.807, 2.05) is 0 Å². The largest absolute Gasteiger partial charge is 0.209 e. The summed E-state index contributed by atoms with van der Waals surface area (Å²) in [7, 11) is 0. The summed E-state index contributed by atoms with van der Waals surface area (Å²) in [5.74, 6) is 2.09. The standard InChI is InChI=1S/C58H37N3/c1-2-16-38(17-3-1)53-45-21-9-8-20-41(45)34-52-54(53)48-31-30-44(35-51(48)58(52)49-24-12-10-22-46(49)47-23-11-13-25-50(47)58)57-60-55(42-28-26-36-14-4-6-18-39(36)32-42)59-56(61-57)43-29-27-37-15-5-7-19-40(37)33-43/h1-26,28,30-35H,27,29H2. The molecule has 3 heteroatoms. The van der Waals surface area contributed by atoms with Crippen LogP contribution in [0.1, 0.15) is 45.6 Å². The first-order chi connectivity index (χ1) is 30.2. The van der Waals surface area contributed by atoms with E-state index in [0.29, 0.717) is 11.6 Å². The Labute approximate surface area is 354 Å². The van der Waals surface area contributed by atoms with Crippen molar-refractivity contribution in [3.8, 4) is 56.2 Å². The van der Waals surface area contributed by atoms with Gasteiger partial charge in [0.2, 0.25) is 0 Å². The number of aromatic nitrogens is 3. The fourth-order valence-corrected chi connectivity index (χ4v) is 10.7. The molecule has 3 aliphatic carbocycles. The molecule has 0 N–H and O–H groups in total. The van der Waals surface area contributed by atoms with Gasteiger partial charge in [0, 0.05) is 11.1 Å². The minimum Gasteiger partial charge on any atom is -0.209 e. The van der Waals surface area contributed by atoms with Crippen molar-refractivity contribution in [3.05, 3.63) is 233 Å². The second-order valence-corrected chi connectivity index (χ2v) is 16.6. The molecule has 3 nitrogen and oxygen atoms in total. The molecule has 1 heterocycles. The molecule has 3 aliphatic rings. The van der Waals surface area contributed by atoms with Gasteiger partial charge in [-0.3, -0.25) is 0 Å². The first-order valence-electron chi connectivity index (χ1n) is 21.2. The Hall–Kier alpha value is -7.75. The average molecular weight is 776 g/mol. The van der Waals surface area contributed by atoms with E-state index in [1.165, 1.54) is 82.9 Å². The highest BCUT2D eigenvalue weighted by Gasteiger charge is 2.52. The average Bonchev–Trinajstić information content (AvgIpc) is 3.79. The molecule has 0 atom stereocenters. The fraction of sp³-hybridized carbons (Fsp3) is 0.0517. The lowest BCUT2D eigenvalue weighted by Gasteiger charge is -2.31. The molecular formula is C58H37N3. The molecule has 9 aromatic carbocycles. The van der Waals surface area contributed by atoms with Gasteiger partial charge in [0.15, 0.2) is 17.5 Å². The van der Waals surface area contributed by atoms with Crippen LogP contribution in [0, 0.1) is 0 Å². The number of aryl methyl sites for hydroxylation is 1. The van der Waals surface area contributed by atoms with Crippen LogP contribution in [0.25, 0.3) is 89.4 Å². The number of benzene rings is 9. The van der Waals surface area contributed by atoms with E-state index in [0.717, 1.165) is 40.8 Å². The third kappa shape index (κ3) is 5.01. The zero-order valence-corrected chi connectivity index (χ0v) is 33.3. The molecule has 0 fully saturated rings. The van der Waals surface area contributed by atoms with Gasteiger partial charge in [0.05, 0.1) is 5.41 Å². The second-order valence-electron chi connectivity index (χ2n) is 16.6. The smallest absolute Gasteiger partial charge is 0.164 e. The van der Waals surface area contributed by atoms with Gasteiger partial charge in [-0.1, -0.05) is 176 Å². The van der Waals surface area contributed by atoms with Crippen molar-refractivity contribution in [2.45, 2.75) is 18.3 Å². The Morgan fingerprint density at radius 1 is 0.361 bits per heavy atom. The molecule has 0 amide bonds. The van der Waals surface area contributed by atoms with E-state index in [4.69, 9.17) is 15.0 Å². The van der Waals surface area contributed by atoms with Gasteiger partial charge in [0.25, 0.3) is 0 Å². The molecular weight excluding hydrogens is 739 g/mol. The minimum absolute atomic E-state index is 0.561. The van der Waals surface area contributed by atoms with Crippen LogP contribution < -0.4 is 0 Å². The van der Waals surface area contributed by atoms with Gasteiger partial charge in [-0.2, -0.15) is 0 Å². The first kappa shape index (κ1) is 34.1.